The van der Waals surface area contributed by atoms with Gasteiger partial charge < -0.3 is 15.2 Å². The summed E-state index contributed by atoms with van der Waals surface area (Å²) < 4.78 is 5.05. The SMILES string of the molecule is O=C(CCCN1C(=O)[C@@H]2[C@H](C1=O)[C@H]1C=C[C@@H]2C1)NCCOCCO. The molecule has 3 aliphatic rings. The average molecular weight is 336 g/mol. The van der Waals surface area contributed by atoms with Crippen molar-refractivity contribution >= 4 is 17.7 Å². The highest BCUT2D eigenvalue weighted by Gasteiger charge is 2.58. The van der Waals surface area contributed by atoms with E-state index in [2.05, 4.69) is 17.5 Å². The second-order valence-electron chi connectivity index (χ2n) is 6.62. The second-order valence-corrected chi connectivity index (χ2v) is 6.62. The molecule has 1 saturated heterocycles. The van der Waals surface area contributed by atoms with Gasteiger partial charge in [0.05, 0.1) is 31.7 Å². The molecular weight excluding hydrogens is 312 g/mol. The highest BCUT2D eigenvalue weighted by atomic mass is 16.5. The number of nitrogens with one attached hydrogen (secondary N) is 1. The number of imide groups is 1. The van der Waals surface area contributed by atoms with Crippen molar-refractivity contribution in [3.05, 3.63) is 12.2 Å². The number of likely N-dealkylation sites (tertiary alicyclic amines) is 1. The Morgan fingerprint density at radius 2 is 1.88 bits per heavy atom. The van der Waals surface area contributed by atoms with Crippen molar-refractivity contribution in [2.45, 2.75) is 19.3 Å². The Morgan fingerprint density at radius 3 is 2.50 bits per heavy atom. The molecule has 0 spiro atoms. The number of carbonyl (C=O) groups excluding carboxylic acids is 3. The molecule has 0 aromatic carbocycles. The summed E-state index contributed by atoms with van der Waals surface area (Å²) >= 11 is 0. The molecule has 132 valence electrons. The third-order valence-corrected chi connectivity index (χ3v) is 5.15. The van der Waals surface area contributed by atoms with Gasteiger partial charge in [0.15, 0.2) is 0 Å². The van der Waals surface area contributed by atoms with E-state index >= 15 is 0 Å². The average Bonchev–Trinajstić information content (AvgIpc) is 3.24. The summed E-state index contributed by atoms with van der Waals surface area (Å²) in [6.07, 6.45) is 5.83. The molecule has 2 bridgehead atoms. The number of aliphatic hydroxyl groups excluding tert-OH is 1. The number of rotatable bonds is 9. The Labute approximate surface area is 141 Å². The summed E-state index contributed by atoms with van der Waals surface area (Å²) in [7, 11) is 0. The Hall–Kier alpha value is -1.73. The Kier molecular flexibility index (Phi) is 5.30. The van der Waals surface area contributed by atoms with E-state index in [1.54, 1.807) is 0 Å². The third-order valence-electron chi connectivity index (χ3n) is 5.15. The van der Waals surface area contributed by atoms with Crippen molar-refractivity contribution in [2.24, 2.45) is 23.7 Å². The van der Waals surface area contributed by atoms with E-state index in [9.17, 15) is 14.4 Å². The number of fused-ring (bicyclic) bond motifs is 5. The van der Waals surface area contributed by atoms with E-state index in [0.29, 0.717) is 26.1 Å². The van der Waals surface area contributed by atoms with Gasteiger partial charge in [0.2, 0.25) is 17.7 Å². The molecule has 0 aromatic heterocycles. The van der Waals surface area contributed by atoms with Crippen LogP contribution in [-0.2, 0) is 19.1 Å². The number of hydrogen-bond acceptors (Lipinski definition) is 5. The zero-order valence-corrected chi connectivity index (χ0v) is 13.6. The highest BCUT2D eigenvalue weighted by molar-refractivity contribution is 6.06. The minimum Gasteiger partial charge on any atom is -0.394 e. The van der Waals surface area contributed by atoms with Crippen LogP contribution < -0.4 is 5.32 Å². The maximum Gasteiger partial charge on any atom is 0.233 e. The van der Waals surface area contributed by atoms with Crippen molar-refractivity contribution < 1.29 is 24.2 Å². The Balaban J connectivity index is 1.38. The van der Waals surface area contributed by atoms with Gasteiger partial charge >= 0.3 is 0 Å². The third kappa shape index (κ3) is 3.23. The minimum atomic E-state index is -0.162. The van der Waals surface area contributed by atoms with Crippen LogP contribution in [0.25, 0.3) is 0 Å². The van der Waals surface area contributed by atoms with E-state index in [-0.39, 0.29) is 61.0 Å². The predicted octanol–water partition coefficient (Wildman–Crippen LogP) is -0.301. The van der Waals surface area contributed by atoms with Crippen molar-refractivity contribution in [1.82, 2.24) is 10.2 Å². The molecule has 1 saturated carbocycles. The van der Waals surface area contributed by atoms with E-state index in [1.807, 2.05) is 0 Å². The standard InChI is InChI=1S/C17H24N2O5/c20-7-9-24-8-5-18-13(21)2-1-6-19-16(22)14-11-3-4-12(10-11)15(14)17(19)23/h3-4,11-12,14-15,20H,1-2,5-10H2,(H,18,21)/t11-,12+,14+,15-. The number of allylic oxidation sites excluding steroid dienone is 2. The molecule has 0 aromatic rings. The lowest BCUT2D eigenvalue weighted by Crippen LogP contribution is -2.35. The predicted molar refractivity (Wildman–Crippen MR) is 84.6 cm³/mol. The Bertz CT molecular complexity index is 517. The van der Waals surface area contributed by atoms with Crippen LogP contribution in [0.15, 0.2) is 12.2 Å². The minimum absolute atomic E-state index is 0.0366. The van der Waals surface area contributed by atoms with Crippen molar-refractivity contribution in [3.63, 3.8) is 0 Å². The first-order valence-electron chi connectivity index (χ1n) is 8.62. The van der Waals surface area contributed by atoms with Gasteiger partial charge in [-0.2, -0.15) is 0 Å². The van der Waals surface area contributed by atoms with Gasteiger partial charge in [-0.1, -0.05) is 12.2 Å². The molecule has 2 N–H and O–H groups in total. The van der Waals surface area contributed by atoms with Crippen molar-refractivity contribution in [2.75, 3.05) is 32.9 Å². The number of ether oxygens (including phenoxy) is 1. The first-order valence-corrected chi connectivity index (χ1v) is 8.62. The molecule has 3 amide bonds. The molecule has 2 fully saturated rings. The molecule has 7 heteroatoms. The normalized spacial score (nSPS) is 30.3. The number of hydrogen-bond donors (Lipinski definition) is 2. The van der Waals surface area contributed by atoms with Crippen LogP contribution in [0.1, 0.15) is 19.3 Å². The van der Waals surface area contributed by atoms with Gasteiger partial charge in [0.25, 0.3) is 0 Å². The monoisotopic (exact) mass is 336 g/mol. The van der Waals surface area contributed by atoms with Crippen LogP contribution in [0, 0.1) is 23.7 Å². The lowest BCUT2D eigenvalue weighted by Gasteiger charge is -2.16. The molecule has 2 aliphatic carbocycles. The largest absolute Gasteiger partial charge is 0.394 e. The molecule has 7 nitrogen and oxygen atoms in total. The summed E-state index contributed by atoms with van der Waals surface area (Å²) in [5.74, 6) is -0.106. The number of carbonyl (C=O) groups is 3. The van der Waals surface area contributed by atoms with Crippen LogP contribution in [0.3, 0.4) is 0 Å². The van der Waals surface area contributed by atoms with Gasteiger partial charge in [-0.15, -0.1) is 0 Å². The lowest BCUT2D eigenvalue weighted by atomic mass is 9.85. The zero-order chi connectivity index (χ0) is 17.1. The summed E-state index contributed by atoms with van der Waals surface area (Å²) in [4.78, 5) is 38.0. The molecule has 0 unspecified atom stereocenters. The highest BCUT2D eigenvalue weighted by Crippen LogP contribution is 2.52. The summed E-state index contributed by atoms with van der Waals surface area (Å²) in [5, 5.41) is 11.3. The fourth-order valence-corrected chi connectivity index (χ4v) is 4.10. The lowest BCUT2D eigenvalue weighted by molar-refractivity contribution is -0.141. The van der Waals surface area contributed by atoms with Crippen molar-refractivity contribution in [1.29, 1.82) is 0 Å². The molecular formula is C17H24N2O5. The van der Waals surface area contributed by atoms with Crippen LogP contribution in [0.5, 0.6) is 0 Å². The van der Waals surface area contributed by atoms with Crippen LogP contribution in [0.4, 0.5) is 0 Å². The molecule has 1 heterocycles. The van der Waals surface area contributed by atoms with E-state index < -0.39 is 0 Å². The van der Waals surface area contributed by atoms with E-state index in [1.165, 1.54) is 4.90 Å². The molecule has 4 atom stereocenters. The molecule has 24 heavy (non-hydrogen) atoms. The maximum absolute atomic E-state index is 12.5. The zero-order valence-electron chi connectivity index (χ0n) is 13.6. The van der Waals surface area contributed by atoms with Gasteiger partial charge in [-0.05, 0) is 24.7 Å². The quantitative estimate of drug-likeness (QED) is 0.342. The fraction of sp³-hybridized carbons (Fsp3) is 0.706. The number of amides is 3. The van der Waals surface area contributed by atoms with Crippen LogP contribution in [-0.4, -0.2) is 60.6 Å². The van der Waals surface area contributed by atoms with Gasteiger partial charge in [0.1, 0.15) is 0 Å². The summed E-state index contributed by atoms with van der Waals surface area (Å²) in [6.45, 7) is 1.28. The first-order chi connectivity index (χ1) is 11.6. The van der Waals surface area contributed by atoms with Crippen LogP contribution in [0.2, 0.25) is 0 Å². The smallest absolute Gasteiger partial charge is 0.233 e. The van der Waals surface area contributed by atoms with Gasteiger partial charge in [0, 0.05) is 19.5 Å². The van der Waals surface area contributed by atoms with Crippen molar-refractivity contribution in [3.8, 4) is 0 Å². The van der Waals surface area contributed by atoms with E-state index in [0.717, 1.165) is 6.42 Å². The first kappa shape index (κ1) is 17.1. The number of nitrogens with zero attached hydrogens (tertiary/aromatic N) is 1. The summed E-state index contributed by atoms with van der Waals surface area (Å²) in [5.41, 5.74) is 0. The maximum atomic E-state index is 12.5. The number of aliphatic hydroxyl groups is 1. The molecule has 0 radical (unpaired) electrons. The van der Waals surface area contributed by atoms with Gasteiger partial charge in [-0.3, -0.25) is 19.3 Å². The van der Waals surface area contributed by atoms with Gasteiger partial charge in [-0.25, -0.2) is 0 Å². The molecule has 3 rings (SSSR count). The second kappa shape index (κ2) is 7.44. The van der Waals surface area contributed by atoms with Crippen LogP contribution >= 0.6 is 0 Å². The van der Waals surface area contributed by atoms with E-state index in [4.69, 9.17) is 9.84 Å². The molecule has 1 aliphatic heterocycles. The topological polar surface area (TPSA) is 95.9 Å². The fourth-order valence-electron chi connectivity index (χ4n) is 4.10. The Morgan fingerprint density at radius 1 is 1.21 bits per heavy atom. The summed E-state index contributed by atoms with van der Waals surface area (Å²) in [6, 6.07) is 0.